The molecule has 6 heteroatoms. The van der Waals surface area contributed by atoms with Crippen molar-refractivity contribution >= 4 is 5.91 Å². The molecule has 1 aliphatic heterocycles. The van der Waals surface area contributed by atoms with Gasteiger partial charge >= 0.3 is 0 Å². The van der Waals surface area contributed by atoms with E-state index < -0.39 is 0 Å². The highest BCUT2D eigenvalue weighted by molar-refractivity contribution is 5.78. The monoisotopic (exact) mass is 354 g/mol. The average molecular weight is 354 g/mol. The van der Waals surface area contributed by atoms with Gasteiger partial charge in [-0.3, -0.25) is 9.78 Å². The minimum atomic E-state index is -0.0217. The van der Waals surface area contributed by atoms with E-state index in [0.29, 0.717) is 24.8 Å². The molecule has 26 heavy (non-hydrogen) atoms. The Morgan fingerprint density at radius 3 is 2.77 bits per heavy atom. The summed E-state index contributed by atoms with van der Waals surface area (Å²) in [6.07, 6.45) is 4.82. The van der Waals surface area contributed by atoms with Gasteiger partial charge < -0.3 is 9.64 Å². The van der Waals surface area contributed by atoms with E-state index in [-0.39, 0.29) is 11.3 Å². The fraction of sp³-hybridized carbons (Fsp3) is 0.500. The number of amides is 1. The van der Waals surface area contributed by atoms with Crippen molar-refractivity contribution in [1.29, 1.82) is 0 Å². The molecule has 1 saturated heterocycles. The molecular weight excluding hydrogens is 328 g/mol. The molecule has 2 aromatic rings. The van der Waals surface area contributed by atoms with Crippen molar-refractivity contribution in [3.8, 4) is 5.88 Å². The highest BCUT2D eigenvalue weighted by atomic mass is 16.5. The number of hydrogen-bond acceptors (Lipinski definition) is 5. The first-order valence-electron chi connectivity index (χ1n) is 9.05. The topological polar surface area (TPSA) is 68.2 Å². The molecule has 3 rings (SSSR count). The third kappa shape index (κ3) is 4.77. The van der Waals surface area contributed by atoms with Gasteiger partial charge in [0.1, 0.15) is 0 Å². The summed E-state index contributed by atoms with van der Waals surface area (Å²) in [5, 5.41) is 8.40. The van der Waals surface area contributed by atoms with E-state index in [2.05, 4.69) is 36.0 Å². The second-order valence-electron chi connectivity index (χ2n) is 7.85. The standard InChI is InChI=1S/C20H26N4O2/c1-20(2,3)17-6-7-18(23-22-17)26-14-16-8-10-24(13-16)19(25)11-15-5-4-9-21-12-15/h4-7,9,12,16H,8,10-11,13-14H2,1-3H3. The molecule has 1 unspecified atom stereocenters. The lowest BCUT2D eigenvalue weighted by molar-refractivity contribution is -0.129. The van der Waals surface area contributed by atoms with Crippen LogP contribution in [0.25, 0.3) is 0 Å². The quantitative estimate of drug-likeness (QED) is 0.826. The van der Waals surface area contributed by atoms with Crippen LogP contribution in [0.4, 0.5) is 0 Å². The number of nitrogens with zero attached hydrogens (tertiary/aromatic N) is 4. The van der Waals surface area contributed by atoms with Crippen molar-refractivity contribution in [2.24, 2.45) is 5.92 Å². The van der Waals surface area contributed by atoms with Crippen LogP contribution < -0.4 is 4.74 Å². The van der Waals surface area contributed by atoms with Gasteiger partial charge in [-0.2, -0.15) is 5.10 Å². The zero-order chi connectivity index (χ0) is 18.6. The summed E-state index contributed by atoms with van der Waals surface area (Å²) >= 11 is 0. The lowest BCUT2D eigenvalue weighted by Gasteiger charge is -2.18. The second kappa shape index (κ2) is 7.81. The van der Waals surface area contributed by atoms with Crippen LogP contribution in [0.5, 0.6) is 5.88 Å². The fourth-order valence-electron chi connectivity index (χ4n) is 2.98. The maximum absolute atomic E-state index is 12.4. The first-order chi connectivity index (χ1) is 12.4. The molecule has 1 aliphatic rings. The Morgan fingerprint density at radius 2 is 2.12 bits per heavy atom. The maximum Gasteiger partial charge on any atom is 0.233 e. The molecule has 0 bridgehead atoms. The van der Waals surface area contributed by atoms with E-state index in [0.717, 1.165) is 30.8 Å². The van der Waals surface area contributed by atoms with Crippen molar-refractivity contribution in [2.45, 2.75) is 39.0 Å². The van der Waals surface area contributed by atoms with Gasteiger partial charge in [0.15, 0.2) is 0 Å². The molecule has 0 aliphatic carbocycles. The van der Waals surface area contributed by atoms with Gasteiger partial charge in [-0.1, -0.05) is 26.8 Å². The first-order valence-corrected chi connectivity index (χ1v) is 9.05. The SMILES string of the molecule is CC(C)(C)c1ccc(OCC2CCN(C(=O)Cc3cccnc3)C2)nn1. The molecule has 2 aromatic heterocycles. The normalized spacial score (nSPS) is 17.3. The van der Waals surface area contributed by atoms with Crippen molar-refractivity contribution in [2.75, 3.05) is 19.7 Å². The molecule has 1 amide bonds. The Hall–Kier alpha value is -2.50. The smallest absolute Gasteiger partial charge is 0.233 e. The predicted octanol–water partition coefficient (Wildman–Crippen LogP) is 2.64. The van der Waals surface area contributed by atoms with Crippen molar-refractivity contribution in [1.82, 2.24) is 20.1 Å². The maximum atomic E-state index is 12.4. The number of rotatable bonds is 5. The Labute approximate surface area is 154 Å². The molecule has 0 radical (unpaired) electrons. The summed E-state index contributed by atoms with van der Waals surface area (Å²) in [6.45, 7) is 8.38. The lowest BCUT2D eigenvalue weighted by atomic mass is 9.92. The highest BCUT2D eigenvalue weighted by Crippen LogP contribution is 2.21. The molecule has 3 heterocycles. The summed E-state index contributed by atoms with van der Waals surface area (Å²) in [5.74, 6) is 1.02. The van der Waals surface area contributed by atoms with Crippen LogP contribution in [0.3, 0.4) is 0 Å². The molecule has 0 N–H and O–H groups in total. The largest absolute Gasteiger partial charge is 0.476 e. The van der Waals surface area contributed by atoms with Crippen LogP contribution >= 0.6 is 0 Å². The van der Waals surface area contributed by atoms with Gasteiger partial charge in [0.2, 0.25) is 11.8 Å². The second-order valence-corrected chi connectivity index (χ2v) is 7.85. The summed E-state index contributed by atoms with van der Waals surface area (Å²) in [5.41, 5.74) is 1.87. The summed E-state index contributed by atoms with van der Waals surface area (Å²) < 4.78 is 5.78. The van der Waals surface area contributed by atoms with Crippen molar-refractivity contribution < 1.29 is 9.53 Å². The number of aromatic nitrogens is 3. The van der Waals surface area contributed by atoms with E-state index in [1.54, 1.807) is 12.4 Å². The lowest BCUT2D eigenvalue weighted by Crippen LogP contribution is -2.30. The summed E-state index contributed by atoms with van der Waals surface area (Å²) in [4.78, 5) is 18.4. The van der Waals surface area contributed by atoms with Gasteiger partial charge in [-0.25, -0.2) is 0 Å². The van der Waals surface area contributed by atoms with Gasteiger partial charge in [0.25, 0.3) is 0 Å². The molecule has 0 saturated carbocycles. The third-order valence-corrected chi connectivity index (χ3v) is 4.59. The average Bonchev–Trinajstić information content (AvgIpc) is 3.10. The van der Waals surface area contributed by atoms with E-state index in [1.165, 1.54) is 0 Å². The summed E-state index contributed by atoms with van der Waals surface area (Å²) in [6, 6.07) is 7.62. The Balaban J connectivity index is 1.46. The zero-order valence-corrected chi connectivity index (χ0v) is 15.7. The molecule has 6 nitrogen and oxygen atoms in total. The minimum Gasteiger partial charge on any atom is -0.476 e. The highest BCUT2D eigenvalue weighted by Gasteiger charge is 2.27. The predicted molar refractivity (Wildman–Crippen MR) is 98.9 cm³/mol. The van der Waals surface area contributed by atoms with Gasteiger partial charge in [-0.05, 0) is 24.1 Å². The molecule has 0 spiro atoms. The number of ether oxygens (including phenoxy) is 1. The molecule has 0 aromatic carbocycles. The van der Waals surface area contributed by atoms with E-state index >= 15 is 0 Å². The van der Waals surface area contributed by atoms with Crippen molar-refractivity contribution in [3.05, 3.63) is 47.9 Å². The van der Waals surface area contributed by atoms with Crippen molar-refractivity contribution in [3.63, 3.8) is 0 Å². The van der Waals surface area contributed by atoms with E-state index in [1.807, 2.05) is 29.2 Å². The van der Waals surface area contributed by atoms with Gasteiger partial charge in [0.05, 0.1) is 18.7 Å². The number of hydrogen-bond donors (Lipinski definition) is 0. The molecular formula is C20H26N4O2. The van der Waals surface area contributed by atoms with Crippen LogP contribution in [0.2, 0.25) is 0 Å². The Bertz CT molecular complexity index is 726. The van der Waals surface area contributed by atoms with E-state index in [4.69, 9.17) is 4.74 Å². The molecule has 1 fully saturated rings. The number of carbonyl (C=O) groups is 1. The van der Waals surface area contributed by atoms with Crippen LogP contribution in [0.1, 0.15) is 38.4 Å². The Kier molecular flexibility index (Phi) is 5.49. The van der Waals surface area contributed by atoms with Crippen LogP contribution in [-0.4, -0.2) is 45.7 Å². The van der Waals surface area contributed by atoms with Gasteiger partial charge in [0, 0.05) is 42.9 Å². The third-order valence-electron chi connectivity index (χ3n) is 4.59. The molecule has 138 valence electrons. The minimum absolute atomic E-state index is 0.0217. The van der Waals surface area contributed by atoms with Crippen LogP contribution in [0, 0.1) is 5.92 Å². The van der Waals surface area contributed by atoms with Crippen LogP contribution in [-0.2, 0) is 16.6 Å². The van der Waals surface area contributed by atoms with E-state index in [9.17, 15) is 4.79 Å². The molecule has 1 atom stereocenters. The van der Waals surface area contributed by atoms with Gasteiger partial charge in [-0.15, -0.1) is 5.10 Å². The number of pyridine rings is 1. The number of carbonyl (C=O) groups excluding carboxylic acids is 1. The Morgan fingerprint density at radius 1 is 1.27 bits per heavy atom. The summed E-state index contributed by atoms with van der Waals surface area (Å²) in [7, 11) is 0. The first kappa shape index (κ1) is 18.3. The number of likely N-dealkylation sites (tertiary alicyclic amines) is 1. The fourth-order valence-corrected chi connectivity index (χ4v) is 2.98. The zero-order valence-electron chi connectivity index (χ0n) is 15.7. The van der Waals surface area contributed by atoms with Crippen LogP contribution in [0.15, 0.2) is 36.7 Å².